The van der Waals surface area contributed by atoms with Crippen molar-refractivity contribution in [2.24, 2.45) is 0 Å². The third-order valence-electron chi connectivity index (χ3n) is 3.97. The van der Waals surface area contributed by atoms with Crippen molar-refractivity contribution in [3.63, 3.8) is 0 Å². The number of para-hydroxylation sites is 1. The molecule has 6 heteroatoms. The van der Waals surface area contributed by atoms with Gasteiger partial charge in [-0.15, -0.1) is 0 Å². The molecule has 1 atom stereocenters. The minimum Gasteiger partial charge on any atom is -0.349 e. The van der Waals surface area contributed by atoms with Gasteiger partial charge in [-0.05, 0) is 26.8 Å². The monoisotopic (exact) mass is 301 g/mol. The van der Waals surface area contributed by atoms with E-state index in [0.717, 1.165) is 0 Å². The number of carbonyl (C=O) groups excluding carboxylic acids is 3. The number of nitrogens with one attached hydrogen (secondary N) is 2. The number of anilines is 1. The summed E-state index contributed by atoms with van der Waals surface area (Å²) in [6, 6.07) is 7.02. The molecule has 116 valence electrons. The Hall–Kier alpha value is -2.37. The normalized spacial score (nSPS) is 23.7. The molecule has 0 saturated carbocycles. The van der Waals surface area contributed by atoms with Gasteiger partial charge in [0.1, 0.15) is 0 Å². The van der Waals surface area contributed by atoms with Crippen molar-refractivity contribution in [2.45, 2.75) is 38.3 Å². The number of β-lactam (4-membered cyclic amide) rings is 1. The fourth-order valence-corrected chi connectivity index (χ4v) is 2.96. The van der Waals surface area contributed by atoms with Crippen LogP contribution in [0, 0.1) is 0 Å². The molecule has 2 aliphatic heterocycles. The highest BCUT2D eigenvalue weighted by molar-refractivity contribution is 6.22. The quantitative estimate of drug-likeness (QED) is 0.631. The van der Waals surface area contributed by atoms with Gasteiger partial charge in [-0.1, -0.05) is 18.2 Å². The van der Waals surface area contributed by atoms with Crippen molar-refractivity contribution in [3.8, 4) is 0 Å². The van der Waals surface area contributed by atoms with E-state index in [1.807, 2.05) is 20.8 Å². The predicted octanol–water partition coefficient (Wildman–Crippen LogP) is 0.981. The summed E-state index contributed by atoms with van der Waals surface area (Å²) in [7, 11) is 0. The Balaban J connectivity index is 2.15. The van der Waals surface area contributed by atoms with Crippen LogP contribution in [0.25, 0.3) is 0 Å². The summed E-state index contributed by atoms with van der Waals surface area (Å²) < 4.78 is 0. The van der Waals surface area contributed by atoms with Crippen molar-refractivity contribution in [1.29, 1.82) is 0 Å². The molecule has 22 heavy (non-hydrogen) atoms. The first-order valence-electron chi connectivity index (χ1n) is 7.31. The molecule has 2 heterocycles. The average Bonchev–Trinajstić information content (AvgIpc) is 2.69. The number of benzene rings is 1. The van der Waals surface area contributed by atoms with Gasteiger partial charge in [0.15, 0.2) is 0 Å². The zero-order valence-electron chi connectivity index (χ0n) is 12.9. The molecule has 3 amide bonds. The summed E-state index contributed by atoms with van der Waals surface area (Å²) in [5.41, 5.74) is -0.985. The maximum Gasteiger partial charge on any atom is 0.265 e. The molecule has 0 spiro atoms. The number of carbonyl (C=O) groups is 3. The summed E-state index contributed by atoms with van der Waals surface area (Å²) in [6.45, 7) is 5.93. The van der Waals surface area contributed by atoms with E-state index in [2.05, 4.69) is 10.6 Å². The highest BCUT2D eigenvalue weighted by Gasteiger charge is 2.61. The van der Waals surface area contributed by atoms with Crippen LogP contribution in [0.2, 0.25) is 0 Å². The summed E-state index contributed by atoms with van der Waals surface area (Å²) in [5, 5.41) is 5.58. The molecule has 1 aromatic carbocycles. The van der Waals surface area contributed by atoms with Crippen LogP contribution in [0.5, 0.6) is 0 Å². The second kappa shape index (κ2) is 4.56. The smallest absolute Gasteiger partial charge is 0.265 e. The Kier molecular flexibility index (Phi) is 3.02. The van der Waals surface area contributed by atoms with E-state index in [9.17, 15) is 14.4 Å². The van der Waals surface area contributed by atoms with Crippen molar-refractivity contribution < 1.29 is 14.4 Å². The van der Waals surface area contributed by atoms with Crippen LogP contribution in [-0.4, -0.2) is 34.7 Å². The first kappa shape index (κ1) is 14.6. The first-order chi connectivity index (χ1) is 10.3. The standard InChI is InChI=1S/C16H19N3O3/c1-15(2,3)18-14(22)16(19-9-8-12(19)20)10-6-4-5-7-11(10)17-13(16)21/h4-7H,8-9H2,1-3H3,(H,17,21)(H,18,22). The summed E-state index contributed by atoms with van der Waals surface area (Å²) in [4.78, 5) is 39.0. The van der Waals surface area contributed by atoms with Gasteiger partial charge in [0.25, 0.3) is 11.8 Å². The topological polar surface area (TPSA) is 78.5 Å². The Bertz CT molecular complexity index is 677. The van der Waals surface area contributed by atoms with Crippen molar-refractivity contribution in [1.82, 2.24) is 10.2 Å². The number of hydrogen-bond acceptors (Lipinski definition) is 3. The number of nitrogens with zero attached hydrogens (tertiary/aromatic N) is 1. The third kappa shape index (κ3) is 1.90. The van der Waals surface area contributed by atoms with Gasteiger partial charge < -0.3 is 15.5 Å². The number of rotatable bonds is 2. The third-order valence-corrected chi connectivity index (χ3v) is 3.97. The molecule has 1 aromatic rings. The Morgan fingerprint density at radius 2 is 1.95 bits per heavy atom. The molecular weight excluding hydrogens is 282 g/mol. The largest absolute Gasteiger partial charge is 0.349 e. The molecule has 1 saturated heterocycles. The van der Waals surface area contributed by atoms with Crippen LogP contribution in [-0.2, 0) is 19.9 Å². The average molecular weight is 301 g/mol. The molecule has 1 fully saturated rings. The van der Waals surface area contributed by atoms with Gasteiger partial charge in [0.2, 0.25) is 11.4 Å². The zero-order valence-corrected chi connectivity index (χ0v) is 12.9. The molecule has 0 radical (unpaired) electrons. The highest BCUT2D eigenvalue weighted by Crippen LogP contribution is 2.43. The van der Waals surface area contributed by atoms with Gasteiger partial charge in [0.05, 0.1) is 0 Å². The van der Waals surface area contributed by atoms with Gasteiger partial charge in [-0.2, -0.15) is 0 Å². The van der Waals surface area contributed by atoms with E-state index in [4.69, 9.17) is 0 Å². The summed E-state index contributed by atoms with van der Waals surface area (Å²) in [5.74, 6) is -1.12. The molecule has 3 rings (SSSR count). The van der Waals surface area contributed by atoms with Crippen molar-refractivity contribution >= 4 is 23.4 Å². The van der Waals surface area contributed by atoms with E-state index in [-0.39, 0.29) is 5.91 Å². The lowest BCUT2D eigenvalue weighted by molar-refractivity contribution is -0.163. The second-order valence-corrected chi connectivity index (χ2v) is 6.71. The molecule has 0 bridgehead atoms. The Morgan fingerprint density at radius 1 is 1.27 bits per heavy atom. The summed E-state index contributed by atoms with van der Waals surface area (Å²) >= 11 is 0. The van der Waals surface area contributed by atoms with E-state index in [1.165, 1.54) is 4.90 Å². The molecule has 0 aromatic heterocycles. The zero-order chi connectivity index (χ0) is 16.1. The van der Waals surface area contributed by atoms with Gasteiger partial charge >= 0.3 is 0 Å². The SMILES string of the molecule is CC(C)(C)NC(=O)C1(N2CCC2=O)C(=O)Nc2ccccc21. The van der Waals surface area contributed by atoms with Crippen LogP contribution < -0.4 is 10.6 Å². The molecular formula is C16H19N3O3. The van der Waals surface area contributed by atoms with E-state index >= 15 is 0 Å². The van der Waals surface area contributed by atoms with E-state index in [1.54, 1.807) is 24.3 Å². The lowest BCUT2D eigenvalue weighted by Gasteiger charge is -2.44. The fourth-order valence-electron chi connectivity index (χ4n) is 2.96. The van der Waals surface area contributed by atoms with Gasteiger partial charge in [0, 0.05) is 29.8 Å². The second-order valence-electron chi connectivity index (χ2n) is 6.71. The summed E-state index contributed by atoms with van der Waals surface area (Å²) in [6.07, 6.45) is 0.361. The van der Waals surface area contributed by atoms with Crippen LogP contribution in [0.1, 0.15) is 32.8 Å². The minimum atomic E-state index is -1.60. The molecule has 0 aliphatic carbocycles. The van der Waals surface area contributed by atoms with Crippen molar-refractivity contribution in [3.05, 3.63) is 29.8 Å². The maximum atomic E-state index is 13.0. The fraction of sp³-hybridized carbons (Fsp3) is 0.438. The minimum absolute atomic E-state index is 0.184. The van der Waals surface area contributed by atoms with Gasteiger partial charge in [-0.25, -0.2) is 0 Å². The van der Waals surface area contributed by atoms with Crippen LogP contribution >= 0.6 is 0 Å². The number of hydrogen-bond donors (Lipinski definition) is 2. The number of likely N-dealkylation sites (tertiary alicyclic amines) is 1. The highest BCUT2D eigenvalue weighted by atomic mass is 16.2. The van der Waals surface area contributed by atoms with E-state index < -0.39 is 22.9 Å². The number of fused-ring (bicyclic) bond motifs is 1. The maximum absolute atomic E-state index is 13.0. The molecule has 2 N–H and O–H groups in total. The van der Waals surface area contributed by atoms with Crippen molar-refractivity contribution in [2.75, 3.05) is 11.9 Å². The van der Waals surface area contributed by atoms with Gasteiger partial charge in [-0.3, -0.25) is 14.4 Å². The molecule has 2 aliphatic rings. The Labute approximate surface area is 128 Å². The number of amides is 3. The predicted molar refractivity (Wildman–Crippen MR) is 81.0 cm³/mol. The first-order valence-corrected chi connectivity index (χ1v) is 7.31. The molecule has 6 nitrogen and oxygen atoms in total. The lowest BCUT2D eigenvalue weighted by Crippen LogP contribution is -2.67. The lowest BCUT2D eigenvalue weighted by atomic mass is 9.84. The van der Waals surface area contributed by atoms with Crippen LogP contribution in [0.15, 0.2) is 24.3 Å². The van der Waals surface area contributed by atoms with Crippen LogP contribution in [0.4, 0.5) is 5.69 Å². The van der Waals surface area contributed by atoms with E-state index in [0.29, 0.717) is 24.2 Å². The van der Waals surface area contributed by atoms with Crippen LogP contribution in [0.3, 0.4) is 0 Å². The Morgan fingerprint density at radius 3 is 2.50 bits per heavy atom. The molecule has 1 unspecified atom stereocenters.